The molecule has 0 heterocycles. The molecule has 0 bridgehead atoms. The lowest BCUT2D eigenvalue weighted by molar-refractivity contribution is -0.144. The van der Waals surface area contributed by atoms with E-state index in [0.717, 1.165) is 25.7 Å². The van der Waals surface area contributed by atoms with Crippen LogP contribution < -0.4 is 0 Å². The topological polar surface area (TPSA) is 54.4 Å². The van der Waals surface area contributed by atoms with Gasteiger partial charge in [0.15, 0.2) is 0 Å². The number of ketones is 1. The van der Waals surface area contributed by atoms with E-state index in [-0.39, 0.29) is 11.7 Å². The van der Waals surface area contributed by atoms with Gasteiger partial charge in [-0.3, -0.25) is 4.79 Å². The van der Waals surface area contributed by atoms with Crippen molar-refractivity contribution in [3.05, 3.63) is 0 Å². The molecule has 1 atom stereocenters. The molecule has 0 aliphatic heterocycles. The molecule has 0 spiro atoms. The van der Waals surface area contributed by atoms with E-state index in [1.165, 1.54) is 6.92 Å². The van der Waals surface area contributed by atoms with Gasteiger partial charge in [0.1, 0.15) is 5.78 Å². The smallest absolute Gasteiger partial charge is 0.306 e. The maximum Gasteiger partial charge on any atom is 0.306 e. The van der Waals surface area contributed by atoms with Crippen molar-refractivity contribution in [2.75, 3.05) is 0 Å². The number of carboxylic acid groups (broad SMARTS) is 1. The molecule has 0 radical (unpaired) electrons. The summed E-state index contributed by atoms with van der Waals surface area (Å²) in [7, 11) is 0. The summed E-state index contributed by atoms with van der Waals surface area (Å²) < 4.78 is 0. The largest absolute Gasteiger partial charge is 0.481 e. The van der Waals surface area contributed by atoms with Gasteiger partial charge in [0.05, 0.1) is 5.92 Å². The number of carboxylic acids is 1. The van der Waals surface area contributed by atoms with Crippen LogP contribution in [0.15, 0.2) is 0 Å². The van der Waals surface area contributed by atoms with Crippen LogP contribution in [0.4, 0.5) is 0 Å². The average molecular weight is 198 g/mol. The summed E-state index contributed by atoms with van der Waals surface area (Å²) in [6.07, 6.45) is 5.27. The Morgan fingerprint density at radius 2 is 1.93 bits per heavy atom. The average Bonchev–Trinajstić information content (AvgIpc) is 2.56. The van der Waals surface area contributed by atoms with Crippen LogP contribution in [0.25, 0.3) is 0 Å². The number of aliphatic carboxylic acids is 1. The Labute approximate surface area is 84.5 Å². The van der Waals surface area contributed by atoms with E-state index in [1.807, 2.05) is 0 Å². The zero-order valence-corrected chi connectivity index (χ0v) is 8.66. The molecule has 1 N–H and O–H groups in total. The van der Waals surface area contributed by atoms with Crippen molar-refractivity contribution in [1.29, 1.82) is 0 Å². The maximum atomic E-state index is 11.0. The van der Waals surface area contributed by atoms with E-state index in [1.54, 1.807) is 0 Å². The van der Waals surface area contributed by atoms with Gasteiger partial charge in [-0.1, -0.05) is 12.8 Å². The Balaban J connectivity index is 2.45. The second-order valence-electron chi connectivity index (χ2n) is 4.23. The van der Waals surface area contributed by atoms with Crippen molar-refractivity contribution in [3.8, 4) is 0 Å². The van der Waals surface area contributed by atoms with Gasteiger partial charge in [-0.05, 0) is 32.1 Å². The quantitative estimate of drug-likeness (QED) is 0.737. The van der Waals surface area contributed by atoms with E-state index in [2.05, 4.69) is 0 Å². The van der Waals surface area contributed by atoms with Gasteiger partial charge < -0.3 is 9.90 Å². The Morgan fingerprint density at radius 1 is 1.36 bits per heavy atom. The van der Waals surface area contributed by atoms with E-state index in [4.69, 9.17) is 5.11 Å². The van der Waals surface area contributed by atoms with Crippen molar-refractivity contribution in [2.45, 2.75) is 45.4 Å². The molecule has 80 valence electrons. The maximum absolute atomic E-state index is 11.0. The molecule has 0 aromatic carbocycles. The zero-order valence-electron chi connectivity index (χ0n) is 8.66. The number of hydrogen-bond acceptors (Lipinski definition) is 2. The molecule has 0 saturated heterocycles. The van der Waals surface area contributed by atoms with Crippen LogP contribution >= 0.6 is 0 Å². The third-order valence-electron chi connectivity index (χ3n) is 3.09. The summed E-state index contributed by atoms with van der Waals surface area (Å²) in [5.41, 5.74) is 0. The third-order valence-corrected chi connectivity index (χ3v) is 3.09. The number of hydrogen-bond donors (Lipinski definition) is 1. The fraction of sp³-hybridized carbons (Fsp3) is 0.818. The normalized spacial score (nSPS) is 19.5. The van der Waals surface area contributed by atoms with Gasteiger partial charge in [0, 0.05) is 6.42 Å². The summed E-state index contributed by atoms with van der Waals surface area (Å²) in [6.45, 7) is 1.52. The summed E-state index contributed by atoms with van der Waals surface area (Å²) in [6, 6.07) is 0. The molecule has 1 aliphatic rings. The molecular weight excluding hydrogens is 180 g/mol. The first kappa shape index (κ1) is 11.2. The lowest BCUT2D eigenvalue weighted by Crippen LogP contribution is -2.22. The fourth-order valence-corrected chi connectivity index (χ4v) is 2.28. The minimum atomic E-state index is -0.724. The zero-order chi connectivity index (χ0) is 10.6. The Bertz CT molecular complexity index is 217. The highest BCUT2D eigenvalue weighted by molar-refractivity contribution is 5.77. The summed E-state index contributed by atoms with van der Waals surface area (Å²) >= 11 is 0. The highest BCUT2D eigenvalue weighted by Crippen LogP contribution is 2.33. The molecule has 0 aromatic heterocycles. The third kappa shape index (κ3) is 3.13. The van der Waals surface area contributed by atoms with Crippen molar-refractivity contribution in [2.24, 2.45) is 11.8 Å². The molecular formula is C11H18O3. The van der Waals surface area contributed by atoms with Crippen LogP contribution in [0.3, 0.4) is 0 Å². The highest BCUT2D eigenvalue weighted by Gasteiger charge is 2.30. The SMILES string of the molecule is CC(=O)CCC(C(=O)O)C1CCCC1. The van der Waals surface area contributed by atoms with E-state index >= 15 is 0 Å². The number of carbonyl (C=O) groups excluding carboxylic acids is 1. The highest BCUT2D eigenvalue weighted by atomic mass is 16.4. The van der Waals surface area contributed by atoms with Crippen molar-refractivity contribution >= 4 is 11.8 Å². The first-order valence-corrected chi connectivity index (χ1v) is 5.33. The monoisotopic (exact) mass is 198 g/mol. The first-order chi connectivity index (χ1) is 6.61. The lowest BCUT2D eigenvalue weighted by Gasteiger charge is -2.18. The van der Waals surface area contributed by atoms with Crippen molar-refractivity contribution < 1.29 is 14.7 Å². The minimum absolute atomic E-state index is 0.0919. The molecule has 0 amide bonds. The first-order valence-electron chi connectivity index (χ1n) is 5.33. The van der Waals surface area contributed by atoms with Gasteiger partial charge in [0.2, 0.25) is 0 Å². The van der Waals surface area contributed by atoms with Gasteiger partial charge >= 0.3 is 5.97 Å². The van der Waals surface area contributed by atoms with Crippen LogP contribution in [-0.4, -0.2) is 16.9 Å². The molecule has 3 heteroatoms. The van der Waals surface area contributed by atoms with Crippen molar-refractivity contribution in [1.82, 2.24) is 0 Å². The van der Waals surface area contributed by atoms with Crippen LogP contribution in [0.5, 0.6) is 0 Å². The Kier molecular flexibility index (Phi) is 4.11. The molecule has 1 rings (SSSR count). The second-order valence-corrected chi connectivity index (χ2v) is 4.23. The molecule has 14 heavy (non-hydrogen) atoms. The summed E-state index contributed by atoms with van der Waals surface area (Å²) in [5.74, 6) is -0.611. The van der Waals surface area contributed by atoms with Gasteiger partial charge in [-0.2, -0.15) is 0 Å². The minimum Gasteiger partial charge on any atom is -0.481 e. The molecule has 1 saturated carbocycles. The van der Waals surface area contributed by atoms with E-state index in [9.17, 15) is 9.59 Å². The summed E-state index contributed by atoms with van der Waals surface area (Å²) in [4.78, 5) is 21.8. The summed E-state index contributed by atoms with van der Waals surface area (Å²) in [5, 5.41) is 9.04. The second kappa shape index (κ2) is 5.13. The Morgan fingerprint density at radius 3 is 2.36 bits per heavy atom. The van der Waals surface area contributed by atoms with Crippen LogP contribution in [0.1, 0.15) is 45.4 Å². The standard InChI is InChI=1S/C11H18O3/c1-8(12)6-7-10(11(13)14)9-4-2-3-5-9/h9-10H,2-7H2,1H3,(H,13,14). The molecule has 3 nitrogen and oxygen atoms in total. The molecule has 1 aliphatic carbocycles. The molecule has 1 fully saturated rings. The van der Waals surface area contributed by atoms with Crippen molar-refractivity contribution in [3.63, 3.8) is 0 Å². The number of Topliss-reactive ketones (excluding diaryl/α,β-unsaturated/α-hetero) is 1. The van der Waals surface area contributed by atoms with Crippen LogP contribution in [-0.2, 0) is 9.59 Å². The predicted octanol–water partition coefficient (Wildman–Crippen LogP) is 2.25. The number of rotatable bonds is 5. The lowest BCUT2D eigenvalue weighted by atomic mass is 9.87. The fourth-order valence-electron chi connectivity index (χ4n) is 2.28. The number of carbonyl (C=O) groups is 2. The molecule has 1 unspecified atom stereocenters. The van der Waals surface area contributed by atoms with Gasteiger partial charge in [-0.25, -0.2) is 0 Å². The van der Waals surface area contributed by atoms with Gasteiger partial charge in [-0.15, -0.1) is 0 Å². The Hall–Kier alpha value is -0.860. The van der Waals surface area contributed by atoms with Gasteiger partial charge in [0.25, 0.3) is 0 Å². The van der Waals surface area contributed by atoms with Crippen LogP contribution in [0.2, 0.25) is 0 Å². The van der Waals surface area contributed by atoms with Crippen LogP contribution in [0, 0.1) is 11.8 Å². The van der Waals surface area contributed by atoms with E-state index < -0.39 is 5.97 Å². The molecule has 0 aromatic rings. The predicted molar refractivity (Wildman–Crippen MR) is 53.0 cm³/mol. The van der Waals surface area contributed by atoms with E-state index in [0.29, 0.717) is 18.8 Å².